The highest BCUT2D eigenvalue weighted by molar-refractivity contribution is 6.09. The summed E-state index contributed by atoms with van der Waals surface area (Å²) >= 11 is 0. The standard InChI is InChI=1S/C38H27N/c1-3-11-32-30(9-1)31-10-2-4-12-33(31)36(32)25-26-17-19-27(20-18-26)28-21-23-29(24-22-28)39-37-15-7-5-13-34(37)35-14-6-8-16-38(35)39/h1-24,36H,25H2. The van der Waals surface area contributed by atoms with E-state index in [0.29, 0.717) is 5.92 Å². The molecular formula is C38H27N. The Labute approximate surface area is 228 Å². The molecule has 0 amide bonds. The van der Waals surface area contributed by atoms with Gasteiger partial charge in [-0.2, -0.15) is 0 Å². The molecule has 6 aromatic carbocycles. The number of hydrogen-bond donors (Lipinski definition) is 0. The van der Waals surface area contributed by atoms with Gasteiger partial charge in [0.2, 0.25) is 0 Å². The van der Waals surface area contributed by atoms with E-state index < -0.39 is 0 Å². The second kappa shape index (κ2) is 8.85. The van der Waals surface area contributed by atoms with E-state index in [-0.39, 0.29) is 0 Å². The molecular weight excluding hydrogens is 470 g/mol. The molecule has 0 unspecified atom stereocenters. The summed E-state index contributed by atoms with van der Waals surface area (Å²) in [4.78, 5) is 0. The zero-order chi connectivity index (χ0) is 25.8. The van der Waals surface area contributed by atoms with Gasteiger partial charge in [0.05, 0.1) is 11.0 Å². The normalized spacial score (nSPS) is 12.6. The van der Waals surface area contributed by atoms with E-state index in [1.165, 1.54) is 66.4 Å². The number of rotatable bonds is 4. The van der Waals surface area contributed by atoms with E-state index in [1.54, 1.807) is 0 Å². The fourth-order valence-electron chi connectivity index (χ4n) is 6.55. The van der Waals surface area contributed by atoms with E-state index in [1.807, 2.05) is 0 Å². The van der Waals surface area contributed by atoms with Gasteiger partial charge in [-0.05, 0) is 69.6 Å². The number of hydrogen-bond acceptors (Lipinski definition) is 0. The van der Waals surface area contributed by atoms with Crippen LogP contribution >= 0.6 is 0 Å². The van der Waals surface area contributed by atoms with Crippen LogP contribution < -0.4 is 0 Å². The van der Waals surface area contributed by atoms with Gasteiger partial charge in [0.25, 0.3) is 0 Å². The smallest absolute Gasteiger partial charge is 0.0541 e. The Balaban J connectivity index is 1.10. The van der Waals surface area contributed by atoms with Crippen LogP contribution in [0.3, 0.4) is 0 Å². The lowest BCUT2D eigenvalue weighted by Crippen LogP contribution is -2.01. The first kappa shape index (κ1) is 22.1. The summed E-state index contributed by atoms with van der Waals surface area (Å²) in [5, 5.41) is 2.58. The third-order valence-corrected chi connectivity index (χ3v) is 8.40. The lowest BCUT2D eigenvalue weighted by atomic mass is 9.89. The molecule has 0 aliphatic heterocycles. The van der Waals surface area contributed by atoms with E-state index in [4.69, 9.17) is 0 Å². The van der Waals surface area contributed by atoms with Crippen LogP contribution in [-0.2, 0) is 6.42 Å². The fourth-order valence-corrected chi connectivity index (χ4v) is 6.55. The zero-order valence-electron chi connectivity index (χ0n) is 21.6. The maximum Gasteiger partial charge on any atom is 0.0541 e. The van der Waals surface area contributed by atoms with Crippen molar-refractivity contribution < 1.29 is 0 Å². The van der Waals surface area contributed by atoms with Crippen LogP contribution in [0, 0.1) is 0 Å². The predicted molar refractivity (Wildman–Crippen MR) is 164 cm³/mol. The van der Waals surface area contributed by atoms with Crippen LogP contribution in [0.4, 0.5) is 0 Å². The number of nitrogens with zero attached hydrogens (tertiary/aromatic N) is 1. The van der Waals surface area contributed by atoms with Gasteiger partial charge < -0.3 is 4.57 Å². The highest BCUT2D eigenvalue weighted by Gasteiger charge is 2.27. The molecule has 0 radical (unpaired) electrons. The molecule has 184 valence electrons. The lowest BCUT2D eigenvalue weighted by Gasteiger charge is -2.14. The molecule has 1 aliphatic rings. The molecule has 7 aromatic rings. The largest absolute Gasteiger partial charge is 0.309 e. The third-order valence-electron chi connectivity index (χ3n) is 8.40. The Morgan fingerprint density at radius 3 is 1.46 bits per heavy atom. The molecule has 0 fully saturated rings. The topological polar surface area (TPSA) is 4.93 Å². The van der Waals surface area contributed by atoms with E-state index >= 15 is 0 Å². The van der Waals surface area contributed by atoms with Crippen molar-refractivity contribution in [2.24, 2.45) is 0 Å². The van der Waals surface area contributed by atoms with Crippen LogP contribution in [0.15, 0.2) is 146 Å². The molecule has 1 nitrogen and oxygen atoms in total. The van der Waals surface area contributed by atoms with E-state index in [9.17, 15) is 0 Å². The Kier molecular flexibility index (Phi) is 5.03. The van der Waals surface area contributed by atoms with Gasteiger partial charge in [-0.1, -0.05) is 121 Å². The summed E-state index contributed by atoms with van der Waals surface area (Å²) < 4.78 is 2.37. The van der Waals surface area contributed by atoms with Gasteiger partial charge in [0.1, 0.15) is 0 Å². The van der Waals surface area contributed by atoms with Crippen molar-refractivity contribution in [1.82, 2.24) is 4.57 Å². The van der Waals surface area contributed by atoms with Gasteiger partial charge in [-0.15, -0.1) is 0 Å². The molecule has 0 spiro atoms. The molecule has 8 rings (SSSR count). The van der Waals surface area contributed by atoms with Crippen molar-refractivity contribution in [1.29, 1.82) is 0 Å². The number of aromatic nitrogens is 1. The van der Waals surface area contributed by atoms with Crippen LogP contribution in [0.2, 0.25) is 0 Å². The molecule has 0 saturated heterocycles. The van der Waals surface area contributed by atoms with Crippen LogP contribution in [0.1, 0.15) is 22.6 Å². The first-order valence-electron chi connectivity index (χ1n) is 13.7. The monoisotopic (exact) mass is 497 g/mol. The van der Waals surface area contributed by atoms with Crippen LogP contribution in [-0.4, -0.2) is 4.57 Å². The van der Waals surface area contributed by atoms with Gasteiger partial charge in [0.15, 0.2) is 0 Å². The Morgan fingerprint density at radius 2 is 0.897 bits per heavy atom. The highest BCUT2D eigenvalue weighted by Crippen LogP contribution is 2.46. The second-order valence-electron chi connectivity index (χ2n) is 10.5. The van der Waals surface area contributed by atoms with Gasteiger partial charge >= 0.3 is 0 Å². The lowest BCUT2D eigenvalue weighted by molar-refractivity contribution is 0.827. The summed E-state index contributed by atoms with van der Waals surface area (Å²) in [5.41, 5.74) is 13.2. The Morgan fingerprint density at radius 1 is 0.436 bits per heavy atom. The van der Waals surface area contributed by atoms with E-state index in [0.717, 1.165) is 6.42 Å². The van der Waals surface area contributed by atoms with Crippen LogP contribution in [0.5, 0.6) is 0 Å². The number of para-hydroxylation sites is 2. The Bertz CT molecular complexity index is 1870. The molecule has 1 aliphatic carbocycles. The zero-order valence-corrected chi connectivity index (χ0v) is 21.6. The molecule has 0 N–H and O–H groups in total. The average Bonchev–Trinajstić information content (AvgIpc) is 3.51. The summed E-state index contributed by atoms with van der Waals surface area (Å²) in [5.74, 6) is 0.411. The molecule has 1 heteroatoms. The van der Waals surface area contributed by atoms with Crippen molar-refractivity contribution in [3.63, 3.8) is 0 Å². The van der Waals surface area contributed by atoms with Gasteiger partial charge in [-0.25, -0.2) is 0 Å². The first-order chi connectivity index (χ1) is 19.3. The number of benzene rings is 6. The van der Waals surface area contributed by atoms with Crippen LogP contribution in [0.25, 0.3) is 49.7 Å². The highest BCUT2D eigenvalue weighted by atomic mass is 15.0. The number of fused-ring (bicyclic) bond motifs is 6. The third kappa shape index (κ3) is 3.55. The molecule has 1 aromatic heterocycles. The molecule has 0 saturated carbocycles. The summed E-state index contributed by atoms with van der Waals surface area (Å²) in [7, 11) is 0. The second-order valence-corrected chi connectivity index (χ2v) is 10.5. The van der Waals surface area contributed by atoms with E-state index in [2.05, 4.69) is 150 Å². The van der Waals surface area contributed by atoms with Crippen molar-refractivity contribution in [2.45, 2.75) is 12.3 Å². The maximum atomic E-state index is 2.37. The summed E-state index contributed by atoms with van der Waals surface area (Å²) in [6.07, 6.45) is 1.01. The van der Waals surface area contributed by atoms with Crippen molar-refractivity contribution in [3.8, 4) is 27.9 Å². The van der Waals surface area contributed by atoms with Crippen molar-refractivity contribution in [2.75, 3.05) is 0 Å². The molecule has 39 heavy (non-hydrogen) atoms. The van der Waals surface area contributed by atoms with Gasteiger partial charge in [-0.3, -0.25) is 0 Å². The Hall–Kier alpha value is -4.88. The molecule has 0 atom stereocenters. The summed E-state index contributed by atoms with van der Waals surface area (Å²) in [6.45, 7) is 0. The summed E-state index contributed by atoms with van der Waals surface area (Å²) in [6, 6.07) is 53.3. The average molecular weight is 498 g/mol. The minimum Gasteiger partial charge on any atom is -0.309 e. The minimum atomic E-state index is 0.411. The minimum absolute atomic E-state index is 0.411. The van der Waals surface area contributed by atoms with Crippen molar-refractivity contribution in [3.05, 3.63) is 162 Å². The first-order valence-corrected chi connectivity index (χ1v) is 13.7. The van der Waals surface area contributed by atoms with Crippen molar-refractivity contribution >= 4 is 21.8 Å². The predicted octanol–water partition coefficient (Wildman–Crippen LogP) is 9.81. The fraction of sp³-hybridized carbons (Fsp3) is 0.0526. The maximum absolute atomic E-state index is 2.37. The quantitative estimate of drug-likeness (QED) is 0.228. The molecule has 0 bridgehead atoms. The molecule has 1 heterocycles. The SMILES string of the molecule is c1ccc2c(c1)-c1ccccc1C2Cc1ccc(-c2ccc(-n3c4ccccc4c4ccccc43)cc2)cc1. The van der Waals surface area contributed by atoms with Gasteiger partial charge in [0, 0.05) is 22.4 Å².